The van der Waals surface area contributed by atoms with Crippen LogP contribution >= 0.6 is 0 Å². The maximum absolute atomic E-state index is 5.74. The standard InChI is InChI=1S/C12H25N/c1-4-6-7-9-11(3)12(10-13)8-5-2/h6-7,11-12H,4-5,8-10,13H2,1-3H3/b7-6+. The van der Waals surface area contributed by atoms with Gasteiger partial charge in [0.15, 0.2) is 0 Å². The Hall–Kier alpha value is -0.300. The molecule has 0 saturated carbocycles. The van der Waals surface area contributed by atoms with Crippen molar-refractivity contribution in [3.8, 4) is 0 Å². The first-order valence-corrected chi connectivity index (χ1v) is 5.61. The molecule has 0 aliphatic carbocycles. The molecule has 0 bridgehead atoms. The van der Waals surface area contributed by atoms with E-state index in [0.717, 1.165) is 18.9 Å². The fraction of sp³-hybridized carbons (Fsp3) is 0.833. The van der Waals surface area contributed by atoms with Gasteiger partial charge in [-0.2, -0.15) is 0 Å². The molecule has 0 fully saturated rings. The van der Waals surface area contributed by atoms with E-state index in [9.17, 15) is 0 Å². The molecule has 2 atom stereocenters. The summed E-state index contributed by atoms with van der Waals surface area (Å²) < 4.78 is 0. The first-order chi connectivity index (χ1) is 6.26. The third kappa shape index (κ3) is 5.87. The van der Waals surface area contributed by atoms with Crippen LogP contribution in [0.25, 0.3) is 0 Å². The number of nitrogens with two attached hydrogens (primary N) is 1. The zero-order valence-corrected chi connectivity index (χ0v) is 9.42. The topological polar surface area (TPSA) is 26.0 Å². The molecule has 0 heterocycles. The lowest BCUT2D eigenvalue weighted by molar-refractivity contribution is 0.343. The molecule has 2 N–H and O–H groups in total. The van der Waals surface area contributed by atoms with Crippen molar-refractivity contribution in [2.45, 2.75) is 46.5 Å². The van der Waals surface area contributed by atoms with Gasteiger partial charge in [-0.3, -0.25) is 0 Å². The number of allylic oxidation sites excluding steroid dienone is 2. The minimum atomic E-state index is 0.714. The summed E-state index contributed by atoms with van der Waals surface area (Å²) in [6.07, 6.45) is 9.41. The molecule has 0 spiro atoms. The van der Waals surface area contributed by atoms with E-state index >= 15 is 0 Å². The molecule has 1 heteroatoms. The maximum atomic E-state index is 5.74. The van der Waals surface area contributed by atoms with E-state index < -0.39 is 0 Å². The summed E-state index contributed by atoms with van der Waals surface area (Å²) >= 11 is 0. The van der Waals surface area contributed by atoms with Crippen LogP contribution in [0.15, 0.2) is 12.2 Å². The Kier molecular flexibility index (Phi) is 8.11. The van der Waals surface area contributed by atoms with Crippen LogP contribution in [0.4, 0.5) is 0 Å². The maximum Gasteiger partial charge on any atom is -0.00462 e. The Morgan fingerprint density at radius 2 is 1.92 bits per heavy atom. The van der Waals surface area contributed by atoms with Crippen LogP contribution in [0.1, 0.15) is 46.5 Å². The quantitative estimate of drug-likeness (QED) is 0.602. The molecule has 0 radical (unpaired) electrons. The number of hydrogen-bond donors (Lipinski definition) is 1. The van der Waals surface area contributed by atoms with Crippen LogP contribution < -0.4 is 5.73 Å². The molecular formula is C12H25N. The summed E-state index contributed by atoms with van der Waals surface area (Å²) in [4.78, 5) is 0. The molecule has 0 aliphatic rings. The third-order valence-corrected chi connectivity index (χ3v) is 2.68. The van der Waals surface area contributed by atoms with E-state index in [0.29, 0.717) is 5.92 Å². The number of rotatable bonds is 7. The lowest BCUT2D eigenvalue weighted by Gasteiger charge is -2.20. The molecule has 0 aromatic rings. The Bertz CT molecular complexity index is 129. The highest BCUT2D eigenvalue weighted by molar-refractivity contribution is 4.83. The van der Waals surface area contributed by atoms with E-state index in [1.165, 1.54) is 19.3 Å². The van der Waals surface area contributed by atoms with Crippen molar-refractivity contribution in [2.24, 2.45) is 17.6 Å². The monoisotopic (exact) mass is 183 g/mol. The van der Waals surface area contributed by atoms with Gasteiger partial charge in [0, 0.05) is 0 Å². The van der Waals surface area contributed by atoms with E-state index in [2.05, 4.69) is 32.9 Å². The molecule has 0 aromatic carbocycles. The molecule has 1 nitrogen and oxygen atoms in total. The van der Waals surface area contributed by atoms with Gasteiger partial charge in [-0.25, -0.2) is 0 Å². The van der Waals surface area contributed by atoms with Crippen molar-refractivity contribution in [3.05, 3.63) is 12.2 Å². The van der Waals surface area contributed by atoms with Crippen LogP contribution in [0.5, 0.6) is 0 Å². The predicted molar refractivity (Wildman–Crippen MR) is 60.7 cm³/mol. The molecule has 0 aliphatic heterocycles. The zero-order chi connectivity index (χ0) is 10.1. The molecule has 0 saturated heterocycles. The summed E-state index contributed by atoms with van der Waals surface area (Å²) in [6.45, 7) is 7.56. The van der Waals surface area contributed by atoms with Crippen LogP contribution in [-0.2, 0) is 0 Å². The van der Waals surface area contributed by atoms with Gasteiger partial charge in [-0.1, -0.05) is 39.3 Å². The highest BCUT2D eigenvalue weighted by Gasteiger charge is 2.12. The summed E-state index contributed by atoms with van der Waals surface area (Å²) in [5, 5.41) is 0. The smallest absolute Gasteiger partial charge is 0.00462 e. The molecule has 13 heavy (non-hydrogen) atoms. The van der Waals surface area contributed by atoms with Crippen LogP contribution in [0, 0.1) is 11.8 Å². The Labute approximate surface area is 83.4 Å². The van der Waals surface area contributed by atoms with Gasteiger partial charge in [-0.05, 0) is 37.6 Å². The Balaban J connectivity index is 3.76. The highest BCUT2D eigenvalue weighted by Crippen LogP contribution is 2.19. The third-order valence-electron chi connectivity index (χ3n) is 2.68. The zero-order valence-electron chi connectivity index (χ0n) is 9.42. The van der Waals surface area contributed by atoms with E-state index in [1.807, 2.05) is 0 Å². The van der Waals surface area contributed by atoms with Crippen LogP contribution in [0.3, 0.4) is 0 Å². The second kappa shape index (κ2) is 8.31. The lowest BCUT2D eigenvalue weighted by atomic mass is 9.87. The molecule has 0 amide bonds. The average Bonchev–Trinajstić information content (AvgIpc) is 2.14. The van der Waals surface area contributed by atoms with Crippen molar-refractivity contribution in [2.75, 3.05) is 6.54 Å². The van der Waals surface area contributed by atoms with Crippen LogP contribution in [-0.4, -0.2) is 6.54 Å². The minimum Gasteiger partial charge on any atom is -0.330 e. The van der Waals surface area contributed by atoms with Crippen molar-refractivity contribution in [1.82, 2.24) is 0 Å². The fourth-order valence-corrected chi connectivity index (χ4v) is 1.68. The normalized spacial score (nSPS) is 16.3. The van der Waals surface area contributed by atoms with Crippen molar-refractivity contribution >= 4 is 0 Å². The van der Waals surface area contributed by atoms with Crippen molar-refractivity contribution in [1.29, 1.82) is 0 Å². The van der Waals surface area contributed by atoms with Gasteiger partial charge in [-0.15, -0.1) is 0 Å². The Morgan fingerprint density at radius 3 is 2.38 bits per heavy atom. The fourth-order valence-electron chi connectivity index (χ4n) is 1.68. The van der Waals surface area contributed by atoms with Gasteiger partial charge < -0.3 is 5.73 Å². The minimum absolute atomic E-state index is 0.714. The summed E-state index contributed by atoms with van der Waals surface area (Å²) in [6, 6.07) is 0. The van der Waals surface area contributed by atoms with E-state index in [1.54, 1.807) is 0 Å². The van der Waals surface area contributed by atoms with Crippen molar-refractivity contribution in [3.63, 3.8) is 0 Å². The summed E-state index contributed by atoms with van der Waals surface area (Å²) in [5.41, 5.74) is 5.74. The largest absolute Gasteiger partial charge is 0.330 e. The van der Waals surface area contributed by atoms with Crippen molar-refractivity contribution < 1.29 is 0 Å². The van der Waals surface area contributed by atoms with Gasteiger partial charge in [0.1, 0.15) is 0 Å². The molecule has 2 unspecified atom stereocenters. The second-order valence-corrected chi connectivity index (χ2v) is 3.88. The van der Waals surface area contributed by atoms with Gasteiger partial charge in [0.2, 0.25) is 0 Å². The predicted octanol–water partition coefficient (Wildman–Crippen LogP) is 3.35. The number of hydrogen-bond acceptors (Lipinski definition) is 1. The summed E-state index contributed by atoms with van der Waals surface area (Å²) in [7, 11) is 0. The second-order valence-electron chi connectivity index (χ2n) is 3.88. The molecular weight excluding hydrogens is 158 g/mol. The molecule has 0 rings (SSSR count). The highest BCUT2D eigenvalue weighted by atomic mass is 14.6. The van der Waals surface area contributed by atoms with Gasteiger partial charge in [0.25, 0.3) is 0 Å². The SMILES string of the molecule is CC/C=C/CC(C)C(CN)CCC. The first kappa shape index (κ1) is 12.7. The summed E-state index contributed by atoms with van der Waals surface area (Å²) in [5.74, 6) is 1.46. The molecule has 78 valence electrons. The van der Waals surface area contributed by atoms with E-state index in [4.69, 9.17) is 5.73 Å². The van der Waals surface area contributed by atoms with Gasteiger partial charge in [0.05, 0.1) is 0 Å². The van der Waals surface area contributed by atoms with Gasteiger partial charge >= 0.3 is 0 Å². The van der Waals surface area contributed by atoms with Crippen LogP contribution in [0.2, 0.25) is 0 Å². The molecule has 0 aromatic heterocycles. The first-order valence-electron chi connectivity index (χ1n) is 5.61. The Morgan fingerprint density at radius 1 is 1.23 bits per heavy atom. The van der Waals surface area contributed by atoms with E-state index in [-0.39, 0.29) is 0 Å². The average molecular weight is 183 g/mol. The lowest BCUT2D eigenvalue weighted by Crippen LogP contribution is -2.21.